The number of methoxy groups -OCH3 is 1. The van der Waals surface area contributed by atoms with Crippen molar-refractivity contribution in [3.05, 3.63) is 33.5 Å². The second kappa shape index (κ2) is 6.17. The van der Waals surface area contributed by atoms with Crippen LogP contribution in [-0.2, 0) is 9.53 Å². The average Bonchev–Trinajstić information content (AvgIpc) is 2.47. The van der Waals surface area contributed by atoms with Gasteiger partial charge in [0.15, 0.2) is 5.78 Å². The normalized spacial score (nSPS) is 15.9. The number of esters is 1. The lowest BCUT2D eigenvalue weighted by Crippen LogP contribution is -2.24. The molecule has 1 N–H and O–H groups in total. The van der Waals surface area contributed by atoms with Crippen molar-refractivity contribution in [3.63, 3.8) is 0 Å². The van der Waals surface area contributed by atoms with E-state index < -0.39 is 17.5 Å². The lowest BCUT2D eigenvalue weighted by Gasteiger charge is -2.20. The molecule has 1 aromatic carbocycles. The van der Waals surface area contributed by atoms with E-state index in [2.05, 4.69) is 20.7 Å². The molecular weight excluding hydrogens is 344 g/mol. The molecule has 0 amide bonds. The fourth-order valence-electron chi connectivity index (χ4n) is 1.86. The smallest absolute Gasteiger partial charge is 0.373 e. The van der Waals surface area contributed by atoms with E-state index in [1.165, 1.54) is 13.2 Å². The van der Waals surface area contributed by atoms with Crippen molar-refractivity contribution in [3.8, 4) is 11.5 Å². The first kappa shape index (κ1) is 15.4. The summed E-state index contributed by atoms with van der Waals surface area (Å²) in [4.78, 5) is 23.9. The van der Waals surface area contributed by atoms with Crippen LogP contribution in [0.5, 0.6) is 11.5 Å². The Kier molecular flexibility index (Phi) is 4.52. The van der Waals surface area contributed by atoms with Crippen LogP contribution in [-0.4, -0.2) is 37.2 Å². The molecule has 7 heteroatoms. The zero-order valence-electron chi connectivity index (χ0n) is 11.4. The summed E-state index contributed by atoms with van der Waals surface area (Å²) in [6.45, 7) is 1.50. The zero-order chi connectivity index (χ0) is 15.6. The number of halogens is 1. The van der Waals surface area contributed by atoms with Gasteiger partial charge in [-0.2, -0.15) is 0 Å². The van der Waals surface area contributed by atoms with E-state index in [9.17, 15) is 14.7 Å². The van der Waals surface area contributed by atoms with E-state index in [0.29, 0.717) is 16.0 Å². The van der Waals surface area contributed by atoms with Gasteiger partial charge in [0.05, 0.1) is 29.3 Å². The number of aliphatic hydroxyl groups excluding tert-OH is 1. The van der Waals surface area contributed by atoms with Crippen LogP contribution in [0.1, 0.15) is 17.3 Å². The second-order valence-electron chi connectivity index (χ2n) is 4.15. The van der Waals surface area contributed by atoms with Crippen LogP contribution in [0.3, 0.4) is 0 Å². The molecule has 0 bridgehead atoms. The maximum Gasteiger partial charge on any atom is 0.373 e. The molecule has 1 aromatic rings. The van der Waals surface area contributed by atoms with Crippen LogP contribution < -0.4 is 9.47 Å². The molecule has 6 nitrogen and oxygen atoms in total. The number of aliphatic hydroxyl groups is 1. The largest absolute Gasteiger partial charge is 0.501 e. The molecule has 0 spiro atoms. The second-order valence-corrected chi connectivity index (χ2v) is 5.00. The van der Waals surface area contributed by atoms with Gasteiger partial charge in [-0.1, -0.05) is 0 Å². The fraction of sp³-hybridized carbons (Fsp3) is 0.286. The quantitative estimate of drug-likeness (QED) is 0.508. The Balaban J connectivity index is 2.43. The van der Waals surface area contributed by atoms with E-state index in [0.717, 1.165) is 0 Å². The van der Waals surface area contributed by atoms with Crippen molar-refractivity contribution < 1.29 is 28.9 Å². The number of benzene rings is 1. The molecule has 2 rings (SSSR count). The number of fused-ring (bicyclic) bond motifs is 1. The van der Waals surface area contributed by atoms with Gasteiger partial charge in [-0.15, -0.1) is 0 Å². The molecule has 0 saturated carbocycles. The summed E-state index contributed by atoms with van der Waals surface area (Å²) in [7, 11) is 1.50. The van der Waals surface area contributed by atoms with E-state index >= 15 is 0 Å². The molecule has 1 aliphatic heterocycles. The lowest BCUT2D eigenvalue weighted by molar-refractivity contribution is -0.141. The average molecular weight is 357 g/mol. The van der Waals surface area contributed by atoms with Crippen molar-refractivity contribution in [2.75, 3.05) is 20.3 Å². The molecule has 0 fully saturated rings. The van der Waals surface area contributed by atoms with Gasteiger partial charge in [0.2, 0.25) is 5.76 Å². The first-order chi connectivity index (χ1) is 9.99. The summed E-state index contributed by atoms with van der Waals surface area (Å²) in [6.07, 6.45) is 0. The van der Waals surface area contributed by atoms with Gasteiger partial charge in [-0.05, 0) is 28.9 Å². The molecule has 0 saturated heterocycles. The van der Waals surface area contributed by atoms with Crippen molar-refractivity contribution >= 4 is 27.7 Å². The maximum atomic E-state index is 12.4. The fourth-order valence-corrected chi connectivity index (χ4v) is 2.37. The number of Topliss-reactive ketones (excluding diaryl/α,β-unsaturated/α-hetero) is 1. The Hall–Kier alpha value is -2.02. The monoisotopic (exact) mass is 356 g/mol. The predicted octanol–water partition coefficient (Wildman–Crippen LogP) is 2.41. The Morgan fingerprint density at radius 2 is 2.19 bits per heavy atom. The number of carbonyl (C=O) groups is 2. The minimum Gasteiger partial charge on any atom is -0.501 e. The van der Waals surface area contributed by atoms with Crippen molar-refractivity contribution in [1.29, 1.82) is 0 Å². The first-order valence-corrected chi connectivity index (χ1v) is 6.93. The SMILES string of the molecule is CCOC(=O)/C(O)=C1\COc2cc(OC)c(Br)cc2C1=O. The molecule has 112 valence electrons. The number of ether oxygens (including phenoxy) is 3. The minimum atomic E-state index is -0.944. The number of carbonyl (C=O) groups excluding carboxylic acids is 2. The van der Waals surface area contributed by atoms with Crippen LogP contribution in [0.2, 0.25) is 0 Å². The predicted molar refractivity (Wildman–Crippen MR) is 76.8 cm³/mol. The highest BCUT2D eigenvalue weighted by molar-refractivity contribution is 9.10. The van der Waals surface area contributed by atoms with E-state index in [1.807, 2.05) is 0 Å². The minimum absolute atomic E-state index is 0.102. The summed E-state index contributed by atoms with van der Waals surface area (Å²) in [5, 5.41) is 9.81. The van der Waals surface area contributed by atoms with Gasteiger partial charge in [-0.25, -0.2) is 4.79 Å². The van der Waals surface area contributed by atoms with Gasteiger partial charge in [-0.3, -0.25) is 4.79 Å². The van der Waals surface area contributed by atoms with Crippen LogP contribution in [0.15, 0.2) is 27.9 Å². The van der Waals surface area contributed by atoms with Crippen LogP contribution in [0.25, 0.3) is 0 Å². The summed E-state index contributed by atoms with van der Waals surface area (Å²) >= 11 is 3.27. The number of ketones is 1. The maximum absolute atomic E-state index is 12.4. The highest BCUT2D eigenvalue weighted by Gasteiger charge is 2.30. The van der Waals surface area contributed by atoms with Crippen LogP contribution in [0, 0.1) is 0 Å². The van der Waals surface area contributed by atoms with E-state index in [1.54, 1.807) is 13.0 Å². The van der Waals surface area contributed by atoms with Crippen LogP contribution in [0.4, 0.5) is 0 Å². The van der Waals surface area contributed by atoms with E-state index in [4.69, 9.17) is 9.47 Å². The third-order valence-electron chi connectivity index (χ3n) is 2.90. The Morgan fingerprint density at radius 1 is 1.48 bits per heavy atom. The highest BCUT2D eigenvalue weighted by Crippen LogP contribution is 2.36. The Bertz CT molecular complexity index is 635. The molecule has 0 unspecified atom stereocenters. The Morgan fingerprint density at radius 3 is 2.81 bits per heavy atom. The zero-order valence-corrected chi connectivity index (χ0v) is 13.0. The number of hydrogen-bond donors (Lipinski definition) is 1. The molecule has 0 aliphatic carbocycles. The van der Waals surface area contributed by atoms with Crippen molar-refractivity contribution in [1.82, 2.24) is 0 Å². The molecule has 0 atom stereocenters. The summed E-state index contributed by atoms with van der Waals surface area (Å²) < 4.78 is 15.8. The Labute approximate surface area is 129 Å². The molecular formula is C14H13BrO6. The third-order valence-corrected chi connectivity index (χ3v) is 3.52. The first-order valence-electron chi connectivity index (χ1n) is 6.13. The summed E-state index contributed by atoms with van der Waals surface area (Å²) in [5.41, 5.74) is 0.109. The summed E-state index contributed by atoms with van der Waals surface area (Å²) in [6, 6.07) is 3.09. The van der Waals surface area contributed by atoms with Gasteiger partial charge in [0.1, 0.15) is 18.1 Å². The van der Waals surface area contributed by atoms with Crippen molar-refractivity contribution in [2.45, 2.75) is 6.92 Å². The molecule has 0 radical (unpaired) electrons. The van der Waals surface area contributed by atoms with Crippen molar-refractivity contribution in [2.24, 2.45) is 0 Å². The lowest BCUT2D eigenvalue weighted by atomic mass is 9.99. The molecule has 0 aromatic heterocycles. The van der Waals surface area contributed by atoms with Gasteiger partial charge in [0, 0.05) is 6.07 Å². The van der Waals surface area contributed by atoms with Gasteiger partial charge in [0.25, 0.3) is 0 Å². The number of rotatable bonds is 3. The van der Waals surface area contributed by atoms with Crippen LogP contribution >= 0.6 is 15.9 Å². The molecule has 1 heterocycles. The highest BCUT2D eigenvalue weighted by atomic mass is 79.9. The summed E-state index contributed by atoms with van der Waals surface area (Å²) in [5.74, 6) is -1.30. The molecule has 1 aliphatic rings. The standard InChI is InChI=1S/C14H13BrO6/c1-3-20-14(18)13(17)8-6-21-10-5-11(19-2)9(15)4-7(10)12(8)16/h4-5,17H,3,6H2,1-2H3/b13-8-. The van der Waals surface area contributed by atoms with Gasteiger partial charge >= 0.3 is 5.97 Å². The van der Waals surface area contributed by atoms with Gasteiger partial charge < -0.3 is 19.3 Å². The topological polar surface area (TPSA) is 82.1 Å². The molecule has 21 heavy (non-hydrogen) atoms. The van der Waals surface area contributed by atoms with E-state index in [-0.39, 0.29) is 24.4 Å². The third kappa shape index (κ3) is 2.87. The number of hydrogen-bond acceptors (Lipinski definition) is 6.